The lowest BCUT2D eigenvalue weighted by atomic mass is 9.93. The average molecular weight is 289 g/mol. The zero-order valence-corrected chi connectivity index (χ0v) is 13.2. The predicted molar refractivity (Wildman–Crippen MR) is 77.1 cm³/mol. The van der Waals surface area contributed by atoms with E-state index in [0.29, 0.717) is 32.1 Å². The SMILES string of the molecule is CNCC1CCN(S(=O)(=O)N2CCC(C)(C)C2)CC1. The molecule has 2 heterocycles. The van der Waals surface area contributed by atoms with E-state index in [4.69, 9.17) is 0 Å². The second kappa shape index (κ2) is 5.68. The van der Waals surface area contributed by atoms with Gasteiger partial charge >= 0.3 is 0 Å². The molecule has 0 aromatic rings. The second-order valence-corrected chi connectivity index (χ2v) is 8.58. The maximum absolute atomic E-state index is 12.6. The van der Waals surface area contributed by atoms with Gasteiger partial charge in [-0.1, -0.05) is 13.8 Å². The highest BCUT2D eigenvalue weighted by Crippen LogP contribution is 2.32. The molecule has 0 spiro atoms. The van der Waals surface area contributed by atoms with E-state index in [1.807, 2.05) is 7.05 Å². The summed E-state index contributed by atoms with van der Waals surface area (Å²) in [7, 11) is -1.27. The van der Waals surface area contributed by atoms with Gasteiger partial charge in [0.1, 0.15) is 0 Å². The predicted octanol–water partition coefficient (Wildman–Crippen LogP) is 0.895. The third kappa shape index (κ3) is 3.48. The van der Waals surface area contributed by atoms with Crippen LogP contribution in [0.1, 0.15) is 33.1 Å². The van der Waals surface area contributed by atoms with E-state index < -0.39 is 10.2 Å². The molecule has 0 saturated carbocycles. The average Bonchev–Trinajstić information content (AvgIpc) is 2.71. The molecule has 2 rings (SSSR count). The van der Waals surface area contributed by atoms with Crippen LogP contribution < -0.4 is 5.32 Å². The first kappa shape index (κ1) is 15.2. The van der Waals surface area contributed by atoms with E-state index in [0.717, 1.165) is 25.8 Å². The van der Waals surface area contributed by atoms with Crippen molar-refractivity contribution in [3.8, 4) is 0 Å². The van der Waals surface area contributed by atoms with Crippen LogP contribution in [-0.2, 0) is 10.2 Å². The van der Waals surface area contributed by atoms with Crippen LogP contribution in [0.25, 0.3) is 0 Å². The number of nitrogens with zero attached hydrogens (tertiary/aromatic N) is 2. The van der Waals surface area contributed by atoms with E-state index >= 15 is 0 Å². The Balaban J connectivity index is 1.95. The third-order valence-corrected chi connectivity index (χ3v) is 6.34. The minimum absolute atomic E-state index is 0.123. The summed E-state index contributed by atoms with van der Waals surface area (Å²) >= 11 is 0. The molecule has 2 aliphatic heterocycles. The van der Waals surface area contributed by atoms with E-state index in [1.54, 1.807) is 8.61 Å². The van der Waals surface area contributed by atoms with E-state index in [-0.39, 0.29) is 5.41 Å². The Labute approximate surface area is 117 Å². The van der Waals surface area contributed by atoms with Gasteiger partial charge in [-0.3, -0.25) is 0 Å². The van der Waals surface area contributed by atoms with Gasteiger partial charge in [0.05, 0.1) is 0 Å². The van der Waals surface area contributed by atoms with Crippen molar-refractivity contribution in [3.05, 3.63) is 0 Å². The van der Waals surface area contributed by atoms with Crippen LogP contribution in [0.3, 0.4) is 0 Å². The fraction of sp³-hybridized carbons (Fsp3) is 1.00. The van der Waals surface area contributed by atoms with Crippen LogP contribution in [0.4, 0.5) is 0 Å². The summed E-state index contributed by atoms with van der Waals surface area (Å²) in [5.74, 6) is 0.617. The van der Waals surface area contributed by atoms with Crippen molar-refractivity contribution in [2.75, 3.05) is 39.8 Å². The fourth-order valence-electron chi connectivity index (χ4n) is 3.06. The van der Waals surface area contributed by atoms with Crippen molar-refractivity contribution in [2.24, 2.45) is 11.3 Å². The van der Waals surface area contributed by atoms with Crippen molar-refractivity contribution in [3.63, 3.8) is 0 Å². The Bertz CT molecular complexity index is 400. The lowest BCUT2D eigenvalue weighted by Crippen LogP contribution is -2.47. The first-order chi connectivity index (χ1) is 8.85. The minimum atomic E-state index is -3.22. The molecule has 0 aromatic carbocycles. The van der Waals surface area contributed by atoms with E-state index in [2.05, 4.69) is 19.2 Å². The summed E-state index contributed by atoms with van der Waals surface area (Å²) in [6.07, 6.45) is 2.90. The normalized spacial score (nSPS) is 26.9. The van der Waals surface area contributed by atoms with Gasteiger partial charge in [0, 0.05) is 26.2 Å². The lowest BCUT2D eigenvalue weighted by molar-refractivity contribution is 0.253. The molecule has 6 heteroatoms. The molecule has 1 N–H and O–H groups in total. The van der Waals surface area contributed by atoms with E-state index in [1.165, 1.54) is 0 Å². The van der Waals surface area contributed by atoms with Crippen molar-refractivity contribution in [2.45, 2.75) is 33.1 Å². The van der Waals surface area contributed by atoms with Crippen molar-refractivity contribution in [1.82, 2.24) is 13.9 Å². The molecule has 0 bridgehead atoms. The third-order valence-electron chi connectivity index (χ3n) is 4.36. The summed E-state index contributed by atoms with van der Waals surface area (Å²) in [5, 5.41) is 3.18. The highest BCUT2D eigenvalue weighted by Gasteiger charge is 2.39. The van der Waals surface area contributed by atoms with Crippen molar-refractivity contribution < 1.29 is 8.42 Å². The summed E-state index contributed by atoms with van der Waals surface area (Å²) in [6, 6.07) is 0. The Morgan fingerprint density at radius 1 is 1.16 bits per heavy atom. The Morgan fingerprint density at radius 2 is 1.79 bits per heavy atom. The molecule has 0 aliphatic carbocycles. The van der Waals surface area contributed by atoms with Crippen LogP contribution in [0.5, 0.6) is 0 Å². The molecule has 0 amide bonds. The first-order valence-electron chi connectivity index (χ1n) is 7.25. The fourth-order valence-corrected chi connectivity index (χ4v) is 4.89. The molecular weight excluding hydrogens is 262 g/mol. The number of nitrogens with one attached hydrogen (secondary N) is 1. The highest BCUT2D eigenvalue weighted by molar-refractivity contribution is 7.86. The van der Waals surface area contributed by atoms with Crippen LogP contribution in [0.15, 0.2) is 0 Å². The Morgan fingerprint density at radius 3 is 2.26 bits per heavy atom. The number of rotatable bonds is 4. The molecule has 2 saturated heterocycles. The van der Waals surface area contributed by atoms with Gasteiger partial charge < -0.3 is 5.32 Å². The molecule has 112 valence electrons. The molecule has 0 unspecified atom stereocenters. The highest BCUT2D eigenvalue weighted by atomic mass is 32.2. The number of hydrogen-bond donors (Lipinski definition) is 1. The maximum atomic E-state index is 12.6. The van der Waals surface area contributed by atoms with Crippen molar-refractivity contribution >= 4 is 10.2 Å². The first-order valence-corrected chi connectivity index (χ1v) is 8.65. The number of hydrogen-bond acceptors (Lipinski definition) is 3. The standard InChI is InChI=1S/C13H27N3O2S/c1-13(2)6-9-16(11-13)19(17,18)15-7-4-12(5-8-15)10-14-3/h12,14H,4-11H2,1-3H3. The topological polar surface area (TPSA) is 52.7 Å². The zero-order chi connectivity index (χ0) is 14.1. The summed E-state index contributed by atoms with van der Waals surface area (Å²) < 4.78 is 28.5. The van der Waals surface area contributed by atoms with Crippen LogP contribution >= 0.6 is 0 Å². The van der Waals surface area contributed by atoms with Gasteiger partial charge in [0.25, 0.3) is 10.2 Å². The Hall–Kier alpha value is -0.170. The summed E-state index contributed by atoms with van der Waals surface area (Å²) in [5.41, 5.74) is 0.123. The summed E-state index contributed by atoms with van der Waals surface area (Å²) in [6.45, 7) is 7.95. The second-order valence-electron chi connectivity index (χ2n) is 6.66. The zero-order valence-electron chi connectivity index (χ0n) is 12.4. The van der Waals surface area contributed by atoms with Crippen LogP contribution in [-0.4, -0.2) is 56.8 Å². The molecule has 5 nitrogen and oxygen atoms in total. The smallest absolute Gasteiger partial charge is 0.281 e. The lowest BCUT2D eigenvalue weighted by Gasteiger charge is -2.34. The molecular formula is C13H27N3O2S. The largest absolute Gasteiger partial charge is 0.319 e. The Kier molecular flexibility index (Phi) is 4.55. The maximum Gasteiger partial charge on any atom is 0.281 e. The van der Waals surface area contributed by atoms with Gasteiger partial charge in [0.2, 0.25) is 0 Å². The molecule has 2 fully saturated rings. The molecule has 0 aromatic heterocycles. The van der Waals surface area contributed by atoms with Gasteiger partial charge in [-0.2, -0.15) is 17.0 Å². The monoisotopic (exact) mass is 289 g/mol. The minimum Gasteiger partial charge on any atom is -0.319 e. The molecule has 0 atom stereocenters. The number of piperidine rings is 1. The van der Waals surface area contributed by atoms with Crippen molar-refractivity contribution in [1.29, 1.82) is 0 Å². The van der Waals surface area contributed by atoms with Gasteiger partial charge in [-0.05, 0) is 44.2 Å². The van der Waals surface area contributed by atoms with E-state index in [9.17, 15) is 8.42 Å². The molecule has 19 heavy (non-hydrogen) atoms. The molecule has 0 radical (unpaired) electrons. The van der Waals surface area contributed by atoms with Gasteiger partial charge in [0.15, 0.2) is 0 Å². The summed E-state index contributed by atoms with van der Waals surface area (Å²) in [4.78, 5) is 0. The van der Waals surface area contributed by atoms with Gasteiger partial charge in [-0.25, -0.2) is 0 Å². The quantitative estimate of drug-likeness (QED) is 0.836. The van der Waals surface area contributed by atoms with Crippen LogP contribution in [0.2, 0.25) is 0 Å². The van der Waals surface area contributed by atoms with Gasteiger partial charge in [-0.15, -0.1) is 0 Å². The van der Waals surface area contributed by atoms with Crippen LogP contribution in [0, 0.1) is 11.3 Å². The molecule has 2 aliphatic rings.